The summed E-state index contributed by atoms with van der Waals surface area (Å²) in [7, 11) is 0. The summed E-state index contributed by atoms with van der Waals surface area (Å²) in [6.07, 6.45) is 1.14. The first-order valence-corrected chi connectivity index (χ1v) is 8.28. The first kappa shape index (κ1) is 15.8. The van der Waals surface area contributed by atoms with Crippen LogP contribution < -0.4 is 4.90 Å². The Morgan fingerprint density at radius 3 is 2.84 bits per heavy atom. The van der Waals surface area contributed by atoms with E-state index >= 15 is 0 Å². The minimum atomic E-state index is -0.628. The lowest BCUT2D eigenvalue weighted by Crippen LogP contribution is -2.48. The summed E-state index contributed by atoms with van der Waals surface area (Å²) < 4.78 is 1.77. The van der Waals surface area contributed by atoms with Gasteiger partial charge in [-0.25, -0.2) is 9.67 Å². The maximum atomic E-state index is 9.54. The molecule has 7 nitrogen and oxygen atoms in total. The molecule has 0 spiro atoms. The third-order valence-electron chi connectivity index (χ3n) is 4.39. The van der Waals surface area contributed by atoms with E-state index in [1.54, 1.807) is 36.0 Å². The third kappa shape index (κ3) is 2.80. The van der Waals surface area contributed by atoms with Gasteiger partial charge in [0.1, 0.15) is 11.5 Å². The molecule has 0 bridgehead atoms. The van der Waals surface area contributed by atoms with Crippen molar-refractivity contribution in [2.75, 3.05) is 18.0 Å². The van der Waals surface area contributed by atoms with E-state index in [9.17, 15) is 10.4 Å². The zero-order valence-electron chi connectivity index (χ0n) is 13.5. The van der Waals surface area contributed by atoms with Crippen molar-refractivity contribution in [2.24, 2.45) is 0 Å². The van der Waals surface area contributed by atoms with Crippen LogP contribution in [-0.4, -0.2) is 38.2 Å². The van der Waals surface area contributed by atoms with Crippen molar-refractivity contribution >= 4 is 28.3 Å². The number of hydrogen-bond donors (Lipinski definition) is 1. The second kappa shape index (κ2) is 5.99. The quantitative estimate of drug-likeness (QED) is 0.777. The summed E-state index contributed by atoms with van der Waals surface area (Å²) in [5.74, 6) is 0.762. The Hall–Kier alpha value is -2.69. The van der Waals surface area contributed by atoms with Crippen LogP contribution >= 0.6 is 11.6 Å². The summed E-state index contributed by atoms with van der Waals surface area (Å²) >= 11 is 6.02. The minimum absolute atomic E-state index is 0.174. The highest BCUT2D eigenvalue weighted by atomic mass is 35.5. The number of aliphatic hydroxyl groups is 1. The van der Waals surface area contributed by atoms with E-state index in [0.717, 1.165) is 29.8 Å². The lowest BCUT2D eigenvalue weighted by atomic mass is 10.1. The van der Waals surface area contributed by atoms with E-state index in [0.29, 0.717) is 16.3 Å². The fourth-order valence-electron chi connectivity index (χ4n) is 2.91. The lowest BCUT2D eigenvalue weighted by Gasteiger charge is -2.39. The number of fused-ring (bicyclic) bond motifs is 1. The van der Waals surface area contributed by atoms with Crippen LogP contribution in [0.3, 0.4) is 0 Å². The average Bonchev–Trinajstić information content (AvgIpc) is 3.03. The molecule has 0 radical (unpaired) electrons. The number of nitrogens with zero attached hydrogens (tertiary/aromatic N) is 6. The highest BCUT2D eigenvalue weighted by Crippen LogP contribution is 2.30. The molecule has 1 N–H and O–H groups in total. The first-order valence-electron chi connectivity index (χ1n) is 7.90. The van der Waals surface area contributed by atoms with Crippen LogP contribution in [-0.2, 0) is 0 Å². The number of aromatic nitrogens is 4. The maximum absolute atomic E-state index is 9.54. The molecule has 1 fully saturated rings. The molecule has 1 saturated heterocycles. The van der Waals surface area contributed by atoms with Crippen molar-refractivity contribution in [3.8, 4) is 6.07 Å². The van der Waals surface area contributed by atoms with Crippen LogP contribution in [0.2, 0.25) is 5.02 Å². The van der Waals surface area contributed by atoms with Crippen molar-refractivity contribution in [1.82, 2.24) is 20.0 Å². The molecule has 1 aliphatic rings. The van der Waals surface area contributed by atoms with Gasteiger partial charge in [-0.05, 0) is 31.2 Å². The van der Waals surface area contributed by atoms with E-state index in [-0.39, 0.29) is 6.04 Å². The molecule has 3 aromatic rings. The number of anilines is 1. The van der Waals surface area contributed by atoms with Gasteiger partial charge in [-0.15, -0.1) is 5.10 Å². The fraction of sp³-hybridized carbons (Fsp3) is 0.294. The number of benzene rings is 1. The highest BCUT2D eigenvalue weighted by Gasteiger charge is 2.31. The number of halogens is 1. The van der Waals surface area contributed by atoms with Crippen LogP contribution in [0.25, 0.3) is 10.9 Å². The predicted octanol–water partition coefficient (Wildman–Crippen LogP) is 2.47. The average molecular weight is 355 g/mol. The molecule has 0 saturated carbocycles. The molecule has 1 aromatic carbocycles. The Labute approximate surface area is 149 Å². The number of nitriles is 1. The monoisotopic (exact) mass is 354 g/mol. The van der Waals surface area contributed by atoms with Crippen LogP contribution in [0.5, 0.6) is 0 Å². The summed E-state index contributed by atoms with van der Waals surface area (Å²) in [6.45, 7) is 3.11. The highest BCUT2D eigenvalue weighted by molar-refractivity contribution is 6.31. The SMILES string of the molecule is CC(O)c1cn(C2CN(c3cc(C#N)c4cc(Cl)ccc4n3)C2)nn1. The van der Waals surface area contributed by atoms with Gasteiger partial charge in [0.05, 0.1) is 35.5 Å². The Morgan fingerprint density at radius 2 is 2.16 bits per heavy atom. The number of hydrogen-bond acceptors (Lipinski definition) is 6. The van der Waals surface area contributed by atoms with Gasteiger partial charge in [-0.2, -0.15) is 5.26 Å². The van der Waals surface area contributed by atoms with Gasteiger partial charge in [0.25, 0.3) is 0 Å². The van der Waals surface area contributed by atoms with Gasteiger partial charge in [-0.3, -0.25) is 0 Å². The van der Waals surface area contributed by atoms with E-state index in [1.165, 1.54) is 0 Å². The van der Waals surface area contributed by atoms with Crippen LogP contribution in [0.4, 0.5) is 5.82 Å². The summed E-state index contributed by atoms with van der Waals surface area (Å²) in [6, 6.07) is 9.54. The van der Waals surface area contributed by atoms with E-state index in [1.807, 2.05) is 6.07 Å². The summed E-state index contributed by atoms with van der Waals surface area (Å²) in [5.41, 5.74) is 1.87. The Bertz CT molecular complexity index is 986. The Kier molecular flexibility index (Phi) is 3.79. The molecule has 1 unspecified atom stereocenters. The molecular formula is C17H15ClN6O. The molecule has 8 heteroatoms. The van der Waals surface area contributed by atoms with Crippen molar-refractivity contribution in [1.29, 1.82) is 5.26 Å². The third-order valence-corrected chi connectivity index (χ3v) is 4.63. The van der Waals surface area contributed by atoms with Crippen molar-refractivity contribution in [3.63, 3.8) is 0 Å². The van der Waals surface area contributed by atoms with E-state index in [4.69, 9.17) is 11.6 Å². The Morgan fingerprint density at radius 1 is 1.36 bits per heavy atom. The van der Waals surface area contributed by atoms with Gasteiger partial charge in [-0.1, -0.05) is 16.8 Å². The standard InChI is InChI=1S/C17H15ClN6O/c1-10(25)16-9-24(22-21-16)13-7-23(8-13)17-4-11(6-19)14-5-12(18)2-3-15(14)20-17/h2-5,9-10,13,25H,7-8H2,1H3. The molecule has 1 atom stereocenters. The summed E-state index contributed by atoms with van der Waals surface area (Å²) in [4.78, 5) is 6.73. The lowest BCUT2D eigenvalue weighted by molar-refractivity contribution is 0.194. The van der Waals surface area contributed by atoms with Crippen LogP contribution in [0.1, 0.15) is 30.3 Å². The van der Waals surface area contributed by atoms with Crippen molar-refractivity contribution in [3.05, 3.63) is 46.7 Å². The fourth-order valence-corrected chi connectivity index (χ4v) is 3.08. The molecule has 0 amide bonds. The largest absolute Gasteiger partial charge is 0.387 e. The predicted molar refractivity (Wildman–Crippen MR) is 93.4 cm³/mol. The van der Waals surface area contributed by atoms with E-state index in [2.05, 4.69) is 26.3 Å². The molecule has 0 aliphatic carbocycles. The molecular weight excluding hydrogens is 340 g/mol. The van der Waals surface area contributed by atoms with Crippen LogP contribution in [0.15, 0.2) is 30.5 Å². The first-order chi connectivity index (χ1) is 12.0. The maximum Gasteiger partial charge on any atom is 0.130 e. The second-order valence-electron chi connectivity index (χ2n) is 6.16. The molecule has 126 valence electrons. The Balaban J connectivity index is 1.57. The normalized spacial score (nSPS) is 15.8. The number of pyridine rings is 1. The zero-order chi connectivity index (χ0) is 17.6. The molecule has 2 aromatic heterocycles. The molecule has 1 aliphatic heterocycles. The van der Waals surface area contributed by atoms with Gasteiger partial charge in [0, 0.05) is 23.5 Å². The smallest absolute Gasteiger partial charge is 0.130 e. The molecule has 3 heterocycles. The van der Waals surface area contributed by atoms with Gasteiger partial charge >= 0.3 is 0 Å². The van der Waals surface area contributed by atoms with Crippen molar-refractivity contribution in [2.45, 2.75) is 19.1 Å². The van der Waals surface area contributed by atoms with Gasteiger partial charge in [0.15, 0.2) is 0 Å². The molecule has 4 rings (SSSR count). The second-order valence-corrected chi connectivity index (χ2v) is 6.60. The summed E-state index contributed by atoms with van der Waals surface area (Å²) in [5, 5.41) is 28.3. The van der Waals surface area contributed by atoms with Gasteiger partial charge < -0.3 is 10.0 Å². The minimum Gasteiger partial charge on any atom is -0.387 e. The molecule has 25 heavy (non-hydrogen) atoms. The van der Waals surface area contributed by atoms with E-state index < -0.39 is 6.10 Å². The van der Waals surface area contributed by atoms with Crippen molar-refractivity contribution < 1.29 is 5.11 Å². The topological polar surface area (TPSA) is 90.9 Å². The number of rotatable bonds is 3. The zero-order valence-corrected chi connectivity index (χ0v) is 14.2. The van der Waals surface area contributed by atoms with Crippen LogP contribution in [0, 0.1) is 11.3 Å². The van der Waals surface area contributed by atoms with Gasteiger partial charge in [0.2, 0.25) is 0 Å². The number of aliphatic hydroxyl groups excluding tert-OH is 1.